The van der Waals surface area contributed by atoms with Crippen molar-refractivity contribution in [1.82, 2.24) is 29.0 Å². The highest BCUT2D eigenvalue weighted by Crippen LogP contribution is 2.26. The van der Waals surface area contributed by atoms with E-state index in [9.17, 15) is 4.79 Å². The SMILES string of the molecule is CCc1cc2c(COc3cccc(C4=CCN(Cc5nc6ccc(C(=O)OC(C)(C)C)cc6n5C[C@@H]5CCO5)C=C4)n3)cccn2n1. The number of nitrogens with zero attached hydrogens (tertiary/aromatic N) is 6. The van der Waals surface area contributed by atoms with E-state index in [4.69, 9.17) is 24.2 Å². The molecule has 2 aliphatic heterocycles. The first-order chi connectivity index (χ1) is 22.7. The maximum atomic E-state index is 12.8. The predicted molar refractivity (Wildman–Crippen MR) is 180 cm³/mol. The molecule has 0 radical (unpaired) electrons. The Bertz CT molecular complexity index is 2000. The molecule has 0 spiro atoms. The van der Waals surface area contributed by atoms with Crippen LogP contribution in [0.4, 0.5) is 0 Å². The van der Waals surface area contributed by atoms with Crippen molar-refractivity contribution in [3.63, 3.8) is 0 Å². The molecule has 0 bridgehead atoms. The number of esters is 1. The summed E-state index contributed by atoms with van der Waals surface area (Å²) in [4.78, 5) is 24.8. The van der Waals surface area contributed by atoms with Crippen molar-refractivity contribution in [2.45, 2.75) is 71.9 Å². The number of allylic oxidation sites excluding steroid dienone is 2. The highest BCUT2D eigenvalue weighted by molar-refractivity contribution is 5.94. The van der Waals surface area contributed by atoms with E-state index >= 15 is 0 Å². The quantitative estimate of drug-likeness (QED) is 0.164. The Morgan fingerprint density at radius 3 is 2.68 bits per heavy atom. The summed E-state index contributed by atoms with van der Waals surface area (Å²) in [5, 5.41) is 4.61. The van der Waals surface area contributed by atoms with Gasteiger partial charge in [-0.3, -0.25) is 0 Å². The van der Waals surface area contributed by atoms with E-state index in [1.54, 1.807) is 6.07 Å². The van der Waals surface area contributed by atoms with Gasteiger partial charge in [0.25, 0.3) is 0 Å². The Hall–Kier alpha value is -4.96. The van der Waals surface area contributed by atoms with Crippen LogP contribution in [0.3, 0.4) is 0 Å². The zero-order chi connectivity index (χ0) is 32.5. The first kappa shape index (κ1) is 30.7. The minimum absolute atomic E-state index is 0.141. The van der Waals surface area contributed by atoms with Crippen molar-refractivity contribution in [3.8, 4) is 5.88 Å². The Kier molecular flexibility index (Phi) is 8.28. The second kappa shape index (κ2) is 12.7. The zero-order valence-corrected chi connectivity index (χ0v) is 27.3. The highest BCUT2D eigenvalue weighted by atomic mass is 16.6. The summed E-state index contributed by atoms with van der Waals surface area (Å²) in [6.07, 6.45) is 10.3. The summed E-state index contributed by atoms with van der Waals surface area (Å²) in [7, 11) is 0. The number of benzene rings is 1. The smallest absolute Gasteiger partial charge is 0.338 e. The van der Waals surface area contributed by atoms with Crippen molar-refractivity contribution in [2.75, 3.05) is 13.2 Å². The summed E-state index contributed by atoms with van der Waals surface area (Å²) in [6.45, 7) is 10.9. The number of carbonyl (C=O) groups is 1. The van der Waals surface area contributed by atoms with E-state index < -0.39 is 5.60 Å². The molecule has 47 heavy (non-hydrogen) atoms. The topological polar surface area (TPSA) is 96.0 Å². The minimum Gasteiger partial charge on any atom is -0.473 e. The van der Waals surface area contributed by atoms with Gasteiger partial charge in [-0.25, -0.2) is 19.3 Å². The van der Waals surface area contributed by atoms with Gasteiger partial charge in [0, 0.05) is 37.2 Å². The van der Waals surface area contributed by atoms with E-state index in [0.29, 0.717) is 37.7 Å². The van der Waals surface area contributed by atoms with Crippen molar-refractivity contribution < 1.29 is 19.0 Å². The van der Waals surface area contributed by atoms with Crippen LogP contribution < -0.4 is 4.74 Å². The molecule has 1 atom stereocenters. The van der Waals surface area contributed by atoms with Crippen LogP contribution in [0.15, 0.2) is 79.1 Å². The Balaban J connectivity index is 1.05. The van der Waals surface area contributed by atoms with E-state index in [2.05, 4.69) is 52.0 Å². The third kappa shape index (κ3) is 6.78. The lowest BCUT2D eigenvalue weighted by Crippen LogP contribution is -2.32. The number of rotatable bonds is 10. The van der Waals surface area contributed by atoms with Crippen LogP contribution in [-0.4, -0.2) is 59.9 Å². The molecule has 0 saturated carbocycles. The van der Waals surface area contributed by atoms with Gasteiger partial charge in [0.15, 0.2) is 0 Å². The second-order valence-electron chi connectivity index (χ2n) is 13.0. The molecule has 1 fully saturated rings. The minimum atomic E-state index is -0.566. The van der Waals surface area contributed by atoms with Crippen LogP contribution in [-0.2, 0) is 35.6 Å². The zero-order valence-electron chi connectivity index (χ0n) is 27.3. The monoisotopic (exact) mass is 632 g/mol. The lowest BCUT2D eigenvalue weighted by Gasteiger charge is -2.28. The van der Waals surface area contributed by atoms with Crippen LogP contribution in [0.5, 0.6) is 5.88 Å². The van der Waals surface area contributed by atoms with Gasteiger partial charge in [-0.1, -0.05) is 25.1 Å². The van der Waals surface area contributed by atoms with E-state index in [1.807, 2.05) is 67.9 Å². The van der Waals surface area contributed by atoms with Gasteiger partial charge in [-0.2, -0.15) is 5.10 Å². The summed E-state index contributed by atoms with van der Waals surface area (Å²) >= 11 is 0. The molecule has 242 valence electrons. The first-order valence-electron chi connectivity index (χ1n) is 16.3. The largest absolute Gasteiger partial charge is 0.473 e. The van der Waals surface area contributed by atoms with Crippen LogP contribution >= 0.6 is 0 Å². The summed E-state index contributed by atoms with van der Waals surface area (Å²) in [5.41, 5.74) is 6.78. The molecule has 5 aromatic rings. The van der Waals surface area contributed by atoms with Crippen LogP contribution in [0.25, 0.3) is 22.1 Å². The van der Waals surface area contributed by atoms with Gasteiger partial charge < -0.3 is 23.7 Å². The Morgan fingerprint density at radius 1 is 1.06 bits per heavy atom. The van der Waals surface area contributed by atoms with E-state index in [0.717, 1.165) is 64.3 Å². The van der Waals surface area contributed by atoms with E-state index in [1.165, 1.54) is 0 Å². The summed E-state index contributed by atoms with van der Waals surface area (Å²) in [6, 6.07) is 17.6. The summed E-state index contributed by atoms with van der Waals surface area (Å²) < 4.78 is 21.7. The summed E-state index contributed by atoms with van der Waals surface area (Å²) in [5.74, 6) is 1.16. The normalized spacial score (nSPS) is 16.4. The fourth-order valence-corrected chi connectivity index (χ4v) is 5.84. The number of fused-ring (bicyclic) bond motifs is 2. The molecular weight excluding hydrogens is 592 g/mol. The fraction of sp³-hybridized carbons (Fsp3) is 0.351. The second-order valence-corrected chi connectivity index (χ2v) is 13.0. The van der Waals surface area contributed by atoms with Gasteiger partial charge >= 0.3 is 5.97 Å². The number of aryl methyl sites for hydroxylation is 1. The average molecular weight is 633 g/mol. The maximum absolute atomic E-state index is 12.8. The van der Waals surface area contributed by atoms with E-state index in [-0.39, 0.29) is 12.1 Å². The molecule has 4 aromatic heterocycles. The molecule has 1 aromatic carbocycles. The molecule has 7 rings (SSSR count). The Morgan fingerprint density at radius 2 is 1.94 bits per heavy atom. The average Bonchev–Trinajstić information content (AvgIpc) is 3.62. The molecule has 10 nitrogen and oxygen atoms in total. The molecule has 0 N–H and O–H groups in total. The number of pyridine rings is 2. The highest BCUT2D eigenvalue weighted by Gasteiger charge is 2.24. The molecule has 2 aliphatic rings. The van der Waals surface area contributed by atoms with Gasteiger partial charge in [-0.15, -0.1) is 0 Å². The number of imidazole rings is 1. The fourth-order valence-electron chi connectivity index (χ4n) is 5.84. The van der Waals surface area contributed by atoms with Crippen molar-refractivity contribution >= 4 is 28.1 Å². The molecule has 1 saturated heterocycles. The third-order valence-corrected chi connectivity index (χ3v) is 8.39. The molecule has 6 heterocycles. The Labute approximate surface area is 274 Å². The first-order valence-corrected chi connectivity index (χ1v) is 16.3. The predicted octanol–water partition coefficient (Wildman–Crippen LogP) is 6.38. The molecule has 10 heteroatoms. The number of hydrogen-bond acceptors (Lipinski definition) is 8. The maximum Gasteiger partial charge on any atom is 0.338 e. The van der Waals surface area contributed by atoms with Crippen LogP contribution in [0.1, 0.15) is 67.2 Å². The van der Waals surface area contributed by atoms with Crippen LogP contribution in [0, 0.1) is 0 Å². The van der Waals surface area contributed by atoms with Crippen LogP contribution in [0.2, 0.25) is 0 Å². The lowest BCUT2D eigenvalue weighted by molar-refractivity contribution is -0.0591. The number of carbonyl (C=O) groups excluding carboxylic acids is 1. The molecular formula is C37H40N6O4. The molecule has 0 unspecified atom stereocenters. The lowest BCUT2D eigenvalue weighted by atomic mass is 10.1. The number of hydrogen-bond donors (Lipinski definition) is 0. The molecule has 0 aliphatic carbocycles. The van der Waals surface area contributed by atoms with Crippen molar-refractivity contribution in [3.05, 3.63) is 107 Å². The number of ether oxygens (including phenoxy) is 3. The molecule has 0 amide bonds. The standard InChI is InChI=1S/C37H40N6O4/c1-5-28-21-32-27(8-7-16-43(32)40-28)24-46-35-10-6-9-30(39-35)25-13-17-41(18-14-25)23-34-38-31-12-11-26(36(44)47-37(2,3)4)20-33(31)42(34)22-29-15-19-45-29/h6-14,16-17,20-21,29H,5,15,18-19,22-24H2,1-4H3/t29-/m0/s1. The number of aromatic nitrogens is 5. The van der Waals surface area contributed by atoms with Crippen molar-refractivity contribution in [1.29, 1.82) is 0 Å². The van der Waals surface area contributed by atoms with Gasteiger partial charge in [0.2, 0.25) is 5.88 Å². The van der Waals surface area contributed by atoms with Crippen molar-refractivity contribution in [2.24, 2.45) is 0 Å². The third-order valence-electron chi connectivity index (χ3n) is 8.39. The van der Waals surface area contributed by atoms with Gasteiger partial charge in [0.05, 0.1) is 52.7 Å². The van der Waals surface area contributed by atoms with Gasteiger partial charge in [-0.05, 0) is 81.7 Å². The van der Waals surface area contributed by atoms with Gasteiger partial charge in [0.1, 0.15) is 18.0 Å².